The molecule has 0 heterocycles. The van der Waals surface area contributed by atoms with Crippen LogP contribution in [0.4, 0.5) is 4.48 Å². The van der Waals surface area contributed by atoms with Crippen LogP contribution in [0.5, 0.6) is 0 Å². The Balaban J connectivity index is 2.55. The Labute approximate surface area is 75.7 Å². The van der Waals surface area contributed by atoms with Crippen LogP contribution >= 0.6 is 0 Å². The van der Waals surface area contributed by atoms with E-state index in [-0.39, 0.29) is 0 Å². The van der Waals surface area contributed by atoms with E-state index in [2.05, 4.69) is 0 Å². The Kier molecular flexibility index (Phi) is 3.40. The Hall–Kier alpha value is -1.42. The van der Waals surface area contributed by atoms with Gasteiger partial charge in [-0.2, -0.15) is 5.54 Å². The van der Waals surface area contributed by atoms with Gasteiger partial charge in [-0.15, -0.1) is 4.48 Å². The Bertz CT molecular complexity index is 276. The molecule has 1 amide bonds. The van der Waals surface area contributed by atoms with Gasteiger partial charge in [0.05, 0.1) is 6.04 Å². The van der Waals surface area contributed by atoms with Crippen LogP contribution < -0.4 is 11.3 Å². The van der Waals surface area contributed by atoms with E-state index in [1.165, 1.54) is 0 Å². The molecule has 1 rings (SSSR count). The fourth-order valence-corrected chi connectivity index (χ4v) is 1.03. The number of halogens is 1. The van der Waals surface area contributed by atoms with Crippen LogP contribution in [0.2, 0.25) is 0 Å². The number of nitrogens with one attached hydrogen (secondary N) is 1. The van der Waals surface area contributed by atoms with E-state index in [1.54, 1.807) is 0 Å². The maximum absolute atomic E-state index is 11.7. The number of hydrogen-bond acceptors (Lipinski definition) is 2. The van der Waals surface area contributed by atoms with E-state index in [4.69, 9.17) is 5.73 Å². The van der Waals surface area contributed by atoms with Gasteiger partial charge in [0.2, 0.25) is 0 Å². The molecule has 0 spiro atoms. The lowest BCUT2D eigenvalue weighted by Gasteiger charge is -2.07. The van der Waals surface area contributed by atoms with Gasteiger partial charge in [-0.3, -0.25) is 4.79 Å². The van der Waals surface area contributed by atoms with Crippen molar-refractivity contribution in [1.29, 1.82) is 0 Å². The first-order chi connectivity index (χ1) is 6.24. The van der Waals surface area contributed by atoms with E-state index in [0.717, 1.165) is 11.1 Å². The molecule has 0 bridgehead atoms. The predicted octanol–water partition coefficient (Wildman–Crippen LogP) is 0.557. The number of carbonyl (C=O) groups excluding carboxylic acids is 1. The van der Waals surface area contributed by atoms with Crippen molar-refractivity contribution in [1.82, 2.24) is 5.54 Å². The maximum Gasteiger partial charge on any atom is 0.264 e. The first-order valence-electron chi connectivity index (χ1n) is 3.94. The predicted molar refractivity (Wildman–Crippen MR) is 47.4 cm³/mol. The summed E-state index contributed by atoms with van der Waals surface area (Å²) in [6, 6.07) is 8.40. The molecule has 3 N–H and O–H groups in total. The van der Waals surface area contributed by atoms with Gasteiger partial charge >= 0.3 is 0 Å². The van der Waals surface area contributed by atoms with E-state index in [0.29, 0.717) is 6.42 Å². The van der Waals surface area contributed by atoms with Crippen molar-refractivity contribution in [2.45, 2.75) is 12.5 Å². The minimum Gasteiger partial charge on any atom is -0.320 e. The standard InChI is InChI=1S/C9H11FN2O/c10-12-9(13)8(11)6-7-4-2-1-3-5-7/h1-5,8H,6,11H2,(H,12,13). The van der Waals surface area contributed by atoms with Gasteiger partial charge in [0.1, 0.15) is 0 Å². The topological polar surface area (TPSA) is 55.1 Å². The number of rotatable bonds is 3. The molecule has 0 saturated carbocycles. The Morgan fingerprint density at radius 3 is 2.62 bits per heavy atom. The quantitative estimate of drug-likeness (QED) is 0.671. The molecule has 70 valence electrons. The first kappa shape index (κ1) is 9.67. The monoisotopic (exact) mass is 182 g/mol. The number of carbonyl (C=O) groups is 1. The third kappa shape index (κ3) is 2.83. The highest BCUT2D eigenvalue weighted by Crippen LogP contribution is 2.01. The highest BCUT2D eigenvalue weighted by molar-refractivity contribution is 5.80. The van der Waals surface area contributed by atoms with Crippen LogP contribution in [-0.4, -0.2) is 11.9 Å². The van der Waals surface area contributed by atoms with E-state index >= 15 is 0 Å². The van der Waals surface area contributed by atoms with Gasteiger partial charge in [0.15, 0.2) is 0 Å². The normalized spacial score (nSPS) is 12.2. The lowest BCUT2D eigenvalue weighted by Crippen LogP contribution is -2.38. The summed E-state index contributed by atoms with van der Waals surface area (Å²) < 4.78 is 11.7. The zero-order valence-electron chi connectivity index (χ0n) is 7.03. The average Bonchev–Trinajstić information content (AvgIpc) is 2.18. The first-order valence-corrected chi connectivity index (χ1v) is 3.94. The molecule has 0 aliphatic rings. The van der Waals surface area contributed by atoms with E-state index in [1.807, 2.05) is 30.3 Å². The number of amides is 1. The number of nitrogens with two attached hydrogens (primary N) is 1. The zero-order chi connectivity index (χ0) is 9.68. The second-order valence-electron chi connectivity index (χ2n) is 2.75. The van der Waals surface area contributed by atoms with Gasteiger partial charge < -0.3 is 5.73 Å². The van der Waals surface area contributed by atoms with Gasteiger partial charge in [0.25, 0.3) is 5.91 Å². The van der Waals surface area contributed by atoms with Crippen LogP contribution in [0.15, 0.2) is 30.3 Å². The summed E-state index contributed by atoms with van der Waals surface area (Å²) in [5, 5.41) is 0. The van der Waals surface area contributed by atoms with Gasteiger partial charge in [-0.25, -0.2) is 0 Å². The highest BCUT2D eigenvalue weighted by Gasteiger charge is 2.12. The molecule has 0 aliphatic carbocycles. The van der Waals surface area contributed by atoms with Crippen molar-refractivity contribution < 1.29 is 9.28 Å². The fraction of sp³-hybridized carbons (Fsp3) is 0.222. The van der Waals surface area contributed by atoms with Crippen molar-refractivity contribution in [2.75, 3.05) is 0 Å². The van der Waals surface area contributed by atoms with Crippen LogP contribution in [0, 0.1) is 0 Å². The summed E-state index contributed by atoms with van der Waals surface area (Å²) in [7, 11) is 0. The summed E-state index contributed by atoms with van der Waals surface area (Å²) in [6.45, 7) is 0. The van der Waals surface area contributed by atoms with Crippen molar-refractivity contribution in [2.24, 2.45) is 5.73 Å². The Morgan fingerprint density at radius 1 is 1.46 bits per heavy atom. The highest BCUT2D eigenvalue weighted by atomic mass is 19.2. The van der Waals surface area contributed by atoms with Gasteiger partial charge in [-0.1, -0.05) is 30.3 Å². The smallest absolute Gasteiger partial charge is 0.264 e. The molecule has 13 heavy (non-hydrogen) atoms. The van der Waals surface area contributed by atoms with Crippen molar-refractivity contribution in [3.8, 4) is 0 Å². The average molecular weight is 182 g/mol. The molecular weight excluding hydrogens is 171 g/mol. The third-order valence-electron chi connectivity index (χ3n) is 1.73. The molecule has 0 aliphatic heterocycles. The molecule has 3 nitrogen and oxygen atoms in total. The molecule has 1 aromatic rings. The third-order valence-corrected chi connectivity index (χ3v) is 1.73. The lowest BCUT2D eigenvalue weighted by atomic mass is 10.1. The summed E-state index contributed by atoms with van der Waals surface area (Å²) in [6.07, 6.45) is 0.344. The second kappa shape index (κ2) is 4.57. The van der Waals surface area contributed by atoms with Crippen LogP contribution in [0.25, 0.3) is 0 Å². The summed E-state index contributed by atoms with van der Waals surface area (Å²) in [4.78, 5) is 10.7. The zero-order valence-corrected chi connectivity index (χ0v) is 7.03. The second-order valence-corrected chi connectivity index (χ2v) is 2.75. The molecule has 1 aromatic carbocycles. The van der Waals surface area contributed by atoms with Gasteiger partial charge in [-0.05, 0) is 12.0 Å². The van der Waals surface area contributed by atoms with Crippen LogP contribution in [0.3, 0.4) is 0 Å². The Morgan fingerprint density at radius 2 is 2.08 bits per heavy atom. The number of benzene rings is 1. The van der Waals surface area contributed by atoms with Crippen LogP contribution in [-0.2, 0) is 11.2 Å². The molecule has 1 unspecified atom stereocenters. The van der Waals surface area contributed by atoms with E-state index < -0.39 is 11.9 Å². The van der Waals surface area contributed by atoms with E-state index in [9.17, 15) is 9.28 Å². The lowest BCUT2D eigenvalue weighted by molar-refractivity contribution is -0.126. The molecule has 4 heteroatoms. The largest absolute Gasteiger partial charge is 0.320 e. The molecular formula is C9H11FN2O. The summed E-state index contributed by atoms with van der Waals surface area (Å²) >= 11 is 0. The molecule has 0 radical (unpaired) electrons. The van der Waals surface area contributed by atoms with Crippen LogP contribution in [0.1, 0.15) is 5.56 Å². The van der Waals surface area contributed by atoms with Crippen molar-refractivity contribution >= 4 is 5.91 Å². The van der Waals surface area contributed by atoms with Gasteiger partial charge in [0, 0.05) is 0 Å². The fourth-order valence-electron chi connectivity index (χ4n) is 1.03. The van der Waals surface area contributed by atoms with Crippen molar-refractivity contribution in [3.63, 3.8) is 0 Å². The summed E-state index contributed by atoms with van der Waals surface area (Å²) in [5.74, 6) is -0.788. The minimum atomic E-state index is -0.826. The molecule has 0 fully saturated rings. The maximum atomic E-state index is 11.7. The molecule has 1 atom stereocenters. The summed E-state index contributed by atoms with van der Waals surface area (Å²) in [5.41, 5.74) is 7.34. The minimum absolute atomic E-state index is 0.344. The molecule has 0 saturated heterocycles. The number of hydrogen-bond donors (Lipinski definition) is 2. The van der Waals surface area contributed by atoms with Crippen molar-refractivity contribution in [3.05, 3.63) is 35.9 Å². The molecule has 0 aromatic heterocycles. The SMILES string of the molecule is NC(Cc1ccccc1)C(=O)NF.